The van der Waals surface area contributed by atoms with Crippen molar-refractivity contribution in [3.05, 3.63) is 131 Å². The lowest BCUT2D eigenvalue weighted by molar-refractivity contribution is -0.894. The van der Waals surface area contributed by atoms with Crippen molar-refractivity contribution >= 4 is 64.9 Å². The fourth-order valence-corrected chi connectivity index (χ4v) is 8.17. The van der Waals surface area contributed by atoms with Gasteiger partial charge < -0.3 is 28.7 Å². The predicted octanol–water partition coefficient (Wildman–Crippen LogP) is 4.00. The molecule has 0 spiro atoms. The number of β-lactam (4-membered cyclic amide) rings is 1. The van der Waals surface area contributed by atoms with E-state index in [4.69, 9.17) is 14.2 Å². The van der Waals surface area contributed by atoms with Crippen molar-refractivity contribution in [3.8, 4) is 0 Å². The topological polar surface area (TPSA) is 324 Å². The molecule has 3 aromatic rings. The largest absolute Gasteiger partial charge is 0.443 e. The van der Waals surface area contributed by atoms with Crippen LogP contribution in [0.25, 0.3) is 0 Å². The minimum Gasteiger partial charge on any atom is -0.393 e. The first kappa shape index (κ1) is 46.4. The maximum atomic E-state index is 13.8. The second kappa shape index (κ2) is 18.7. The van der Waals surface area contributed by atoms with E-state index in [1.165, 1.54) is 11.8 Å². The SMILES string of the molecule is C[C@@H](O)[C@H]1C(=O)N2C(C(=O)OC(=O)c3ccc([N+](=O)[O-])cc3)=C(C[N+]3(C)CC[C@H](CC(=NC(=O)OC(=O)c4ccc([N+](=O)[O-])cc4)NC(=O)OC(=O)c4ccc([N+](=O)[O-])cc4)C3)[C@H](C)[C@H]12. The molecule has 0 bridgehead atoms. The molecule has 0 aliphatic carbocycles. The molecule has 3 aromatic carbocycles. The van der Waals surface area contributed by atoms with Crippen LogP contribution in [0.4, 0.5) is 26.7 Å². The van der Waals surface area contributed by atoms with Crippen molar-refractivity contribution in [1.82, 2.24) is 10.2 Å². The first-order chi connectivity index (χ1) is 30.7. The zero-order chi connectivity index (χ0) is 47.5. The number of hydrogen-bond acceptors (Lipinski definition) is 17. The van der Waals surface area contributed by atoms with Gasteiger partial charge in [0, 0.05) is 66.6 Å². The summed E-state index contributed by atoms with van der Waals surface area (Å²) in [5.41, 5.74) is -1.38. The molecule has 3 aliphatic rings. The van der Waals surface area contributed by atoms with Gasteiger partial charge in [-0.25, -0.2) is 28.8 Å². The number of amidine groups is 1. The molecule has 338 valence electrons. The Morgan fingerprint density at radius 1 is 0.785 bits per heavy atom. The Balaban J connectivity index is 1.21. The van der Waals surface area contributed by atoms with Gasteiger partial charge in [-0.1, -0.05) is 6.92 Å². The smallest absolute Gasteiger partial charge is 0.393 e. The fourth-order valence-electron chi connectivity index (χ4n) is 8.17. The van der Waals surface area contributed by atoms with Crippen molar-refractivity contribution in [3.63, 3.8) is 0 Å². The van der Waals surface area contributed by atoms with Gasteiger partial charge in [0.2, 0.25) is 5.91 Å². The lowest BCUT2D eigenvalue weighted by Crippen LogP contribution is -2.63. The van der Waals surface area contributed by atoms with E-state index in [0.717, 1.165) is 72.8 Å². The van der Waals surface area contributed by atoms with Crippen LogP contribution in [-0.2, 0) is 23.8 Å². The highest BCUT2D eigenvalue weighted by Crippen LogP contribution is 2.48. The van der Waals surface area contributed by atoms with Crippen molar-refractivity contribution in [1.29, 1.82) is 0 Å². The zero-order valence-corrected chi connectivity index (χ0v) is 34.5. The van der Waals surface area contributed by atoms with Crippen molar-refractivity contribution in [2.45, 2.75) is 38.8 Å². The van der Waals surface area contributed by atoms with Crippen LogP contribution < -0.4 is 5.32 Å². The number of nitrogens with one attached hydrogen (secondary N) is 1. The van der Waals surface area contributed by atoms with Gasteiger partial charge in [-0.15, -0.1) is 0 Å². The molecule has 0 radical (unpaired) electrons. The van der Waals surface area contributed by atoms with E-state index in [-0.39, 0.29) is 63.4 Å². The number of aliphatic hydroxyl groups is 1. The van der Waals surface area contributed by atoms with Crippen LogP contribution >= 0.6 is 0 Å². The van der Waals surface area contributed by atoms with E-state index in [1.807, 2.05) is 7.05 Å². The van der Waals surface area contributed by atoms with E-state index in [2.05, 4.69) is 10.3 Å². The highest BCUT2D eigenvalue weighted by atomic mass is 16.6. The molecule has 3 aliphatic heterocycles. The third-order valence-corrected chi connectivity index (χ3v) is 11.3. The number of nitro groups is 3. The molecule has 0 saturated carbocycles. The number of rotatable bonds is 12. The molecule has 24 heteroatoms. The normalized spacial score (nSPS) is 21.6. The molecule has 6 rings (SSSR count). The van der Waals surface area contributed by atoms with Crippen LogP contribution in [0, 0.1) is 48.1 Å². The van der Waals surface area contributed by atoms with Gasteiger partial charge in [-0.2, -0.15) is 4.99 Å². The number of amides is 3. The Labute approximate surface area is 366 Å². The molecule has 24 nitrogen and oxygen atoms in total. The minimum atomic E-state index is -1.51. The standard InChI is InChI=1S/C41H37N7O17/c1-21-30(34(44-33(21)32(22(2)49)35(44)50)39(54)63-36(51)24-4-10-27(11-5-24)45(57)58)20-48(3)17-16-23(19-48)18-31(42-40(55)64-37(52)25-6-12-28(13-7-25)46(59)60)43-41(56)65-38(53)26-8-14-29(15-9-26)47(61)62/h4-15,21-23,32-33,49H,16-20H2,1-3H3/p+1/t21-,22+,23+,32+,33+,48?/m0/s1. The number of ether oxygens (including phenoxy) is 3. The van der Waals surface area contributed by atoms with Crippen LogP contribution in [0.1, 0.15) is 57.8 Å². The summed E-state index contributed by atoms with van der Waals surface area (Å²) in [5, 5.41) is 45.8. The maximum Gasteiger partial charge on any atom is 0.443 e. The summed E-state index contributed by atoms with van der Waals surface area (Å²) in [4.78, 5) is 128. The Morgan fingerprint density at radius 2 is 1.25 bits per heavy atom. The first-order valence-electron chi connectivity index (χ1n) is 19.6. The van der Waals surface area contributed by atoms with E-state index in [0.29, 0.717) is 18.5 Å². The number of non-ortho nitro benzene ring substituents is 3. The van der Waals surface area contributed by atoms with Crippen molar-refractivity contribution in [2.24, 2.45) is 22.7 Å². The van der Waals surface area contributed by atoms with Crippen molar-refractivity contribution in [2.75, 3.05) is 26.7 Å². The summed E-state index contributed by atoms with van der Waals surface area (Å²) in [6.07, 6.45) is -3.82. The highest BCUT2D eigenvalue weighted by molar-refractivity contribution is 6.07. The van der Waals surface area contributed by atoms with Gasteiger partial charge >= 0.3 is 36.1 Å². The van der Waals surface area contributed by atoms with Crippen LogP contribution in [0.5, 0.6) is 0 Å². The Morgan fingerprint density at radius 3 is 1.71 bits per heavy atom. The summed E-state index contributed by atoms with van der Waals surface area (Å²) in [6, 6.07) is 11.9. The van der Waals surface area contributed by atoms with Gasteiger partial charge in [0.25, 0.3) is 17.1 Å². The molecular formula is C41H38N7O17+. The van der Waals surface area contributed by atoms with Gasteiger partial charge in [0.15, 0.2) is 0 Å². The predicted molar refractivity (Wildman–Crippen MR) is 217 cm³/mol. The summed E-state index contributed by atoms with van der Waals surface area (Å²) in [5.74, 6) is -7.51. The average molecular weight is 901 g/mol. The number of esters is 4. The van der Waals surface area contributed by atoms with Gasteiger partial charge in [-0.3, -0.25) is 40.5 Å². The number of likely N-dealkylation sites (N-methyl/N-ethyl adjacent to an activating group) is 1. The number of benzene rings is 3. The first-order valence-corrected chi connectivity index (χ1v) is 19.6. The number of nitro benzene ring substituents is 3. The van der Waals surface area contributed by atoms with E-state index < -0.39 is 92.5 Å². The second-order valence-corrected chi connectivity index (χ2v) is 15.8. The Kier molecular flexibility index (Phi) is 13.3. The number of hydrogen-bond donors (Lipinski definition) is 2. The van der Waals surface area contributed by atoms with E-state index >= 15 is 0 Å². The molecule has 2 N–H and O–H groups in total. The molecule has 65 heavy (non-hydrogen) atoms. The number of carbonyl (C=O) groups excluding carboxylic acids is 7. The van der Waals surface area contributed by atoms with E-state index in [9.17, 15) is 69.0 Å². The second-order valence-electron chi connectivity index (χ2n) is 15.8. The molecule has 6 atom stereocenters. The molecule has 3 amide bonds. The van der Waals surface area contributed by atoms with Gasteiger partial charge in [-0.05, 0) is 43.3 Å². The van der Waals surface area contributed by atoms with Gasteiger partial charge in [0.1, 0.15) is 18.1 Å². The van der Waals surface area contributed by atoms with Crippen LogP contribution in [0.15, 0.2) is 89.1 Å². The summed E-state index contributed by atoms with van der Waals surface area (Å²) >= 11 is 0. The summed E-state index contributed by atoms with van der Waals surface area (Å²) in [6.45, 7) is 3.98. The molecular weight excluding hydrogens is 862 g/mol. The third kappa shape index (κ3) is 10.2. The highest BCUT2D eigenvalue weighted by Gasteiger charge is 2.61. The zero-order valence-electron chi connectivity index (χ0n) is 34.5. The average Bonchev–Trinajstić information content (AvgIpc) is 3.73. The Bertz CT molecular complexity index is 2570. The quantitative estimate of drug-likeness (QED) is 0.0298. The number of likely N-dealkylation sites (tertiary alicyclic amines) is 1. The number of nitrogens with zero attached hydrogens (tertiary/aromatic N) is 6. The summed E-state index contributed by atoms with van der Waals surface area (Å²) < 4.78 is 15.0. The van der Waals surface area contributed by atoms with E-state index in [1.54, 1.807) is 6.92 Å². The van der Waals surface area contributed by atoms with Crippen LogP contribution in [0.2, 0.25) is 0 Å². The minimum absolute atomic E-state index is 0.109. The lowest BCUT2D eigenvalue weighted by Gasteiger charge is -2.46. The fraction of sp³-hybridized carbons (Fsp3) is 0.317. The van der Waals surface area contributed by atoms with Gasteiger partial charge in [0.05, 0.1) is 69.7 Å². The Hall–Kier alpha value is -8.12. The maximum absolute atomic E-state index is 13.8. The number of fused-ring (bicyclic) bond motifs is 1. The number of alkyl carbamates (subject to hydrolysis) is 1. The number of quaternary nitrogens is 1. The molecule has 3 heterocycles. The van der Waals surface area contributed by atoms with Crippen molar-refractivity contribution < 1.29 is 72.1 Å². The molecule has 2 fully saturated rings. The summed E-state index contributed by atoms with van der Waals surface area (Å²) in [7, 11) is 1.83. The number of carbonyl (C=O) groups is 7. The van der Waals surface area contributed by atoms with Crippen LogP contribution in [0.3, 0.4) is 0 Å². The monoisotopic (exact) mass is 900 g/mol. The van der Waals surface area contributed by atoms with Crippen LogP contribution in [-0.4, -0.2) is 116 Å². The third-order valence-electron chi connectivity index (χ3n) is 11.3. The lowest BCUT2D eigenvalue weighted by atomic mass is 9.77. The molecule has 1 unspecified atom stereocenters. The number of aliphatic imine (C=N–C) groups is 1. The number of aliphatic hydroxyl groups excluding tert-OH is 1. The molecule has 0 aromatic heterocycles. The molecule has 2 saturated heterocycles.